The van der Waals surface area contributed by atoms with Gasteiger partial charge in [-0.3, -0.25) is 0 Å². The summed E-state index contributed by atoms with van der Waals surface area (Å²) in [6, 6.07) is 0. The Morgan fingerprint density at radius 3 is 2.86 bits per heavy atom. The summed E-state index contributed by atoms with van der Waals surface area (Å²) in [6.07, 6.45) is 10.3. The van der Waals surface area contributed by atoms with Crippen molar-refractivity contribution >= 4 is 17.3 Å². The Morgan fingerprint density at radius 2 is 2.19 bits per heavy atom. The van der Waals surface area contributed by atoms with Crippen molar-refractivity contribution in [1.82, 2.24) is 15.6 Å². The zero-order valence-corrected chi connectivity index (χ0v) is 14.1. The number of nitrogens with one attached hydrogen (secondary N) is 2. The Labute approximate surface area is 132 Å². The summed E-state index contributed by atoms with van der Waals surface area (Å²) >= 11 is 1.72. The van der Waals surface area contributed by atoms with E-state index in [1.54, 1.807) is 11.3 Å². The van der Waals surface area contributed by atoms with Crippen LogP contribution in [-0.2, 0) is 6.54 Å². The second kappa shape index (κ2) is 9.03. The van der Waals surface area contributed by atoms with E-state index in [-0.39, 0.29) is 0 Å². The highest BCUT2D eigenvalue weighted by atomic mass is 32.1. The van der Waals surface area contributed by atoms with Gasteiger partial charge in [0.1, 0.15) is 0 Å². The van der Waals surface area contributed by atoms with Gasteiger partial charge in [-0.05, 0) is 32.6 Å². The number of hydrogen-bond donors (Lipinski definition) is 2. The minimum atomic E-state index is 0.712. The molecule has 0 amide bonds. The first kappa shape index (κ1) is 16.3. The Balaban J connectivity index is 1.70. The van der Waals surface area contributed by atoms with Gasteiger partial charge >= 0.3 is 0 Å². The number of aryl methyl sites for hydroxylation is 1. The van der Waals surface area contributed by atoms with Gasteiger partial charge in [-0.2, -0.15) is 0 Å². The molecule has 1 heterocycles. The molecule has 5 heteroatoms. The topological polar surface area (TPSA) is 49.3 Å². The van der Waals surface area contributed by atoms with E-state index >= 15 is 0 Å². The van der Waals surface area contributed by atoms with Crippen molar-refractivity contribution in [3.8, 4) is 0 Å². The van der Waals surface area contributed by atoms with Crippen LogP contribution < -0.4 is 10.6 Å². The molecule has 4 nitrogen and oxygen atoms in total. The summed E-state index contributed by atoms with van der Waals surface area (Å²) in [5.74, 6) is 1.90. The van der Waals surface area contributed by atoms with Gasteiger partial charge in [0.25, 0.3) is 0 Å². The van der Waals surface area contributed by atoms with E-state index in [1.807, 2.05) is 13.1 Å². The Bertz CT molecular complexity index is 435. The van der Waals surface area contributed by atoms with Crippen LogP contribution in [0.2, 0.25) is 0 Å². The monoisotopic (exact) mass is 308 g/mol. The first-order valence-electron chi connectivity index (χ1n) is 8.21. The molecule has 0 unspecified atom stereocenters. The van der Waals surface area contributed by atoms with Crippen LogP contribution in [0.4, 0.5) is 0 Å². The molecule has 0 spiro atoms. The number of guanidine groups is 1. The van der Waals surface area contributed by atoms with Gasteiger partial charge in [-0.25, -0.2) is 9.98 Å². The minimum Gasteiger partial charge on any atom is -0.357 e. The Morgan fingerprint density at radius 1 is 1.38 bits per heavy atom. The van der Waals surface area contributed by atoms with Gasteiger partial charge < -0.3 is 10.6 Å². The van der Waals surface area contributed by atoms with E-state index in [1.165, 1.54) is 43.4 Å². The van der Waals surface area contributed by atoms with Crippen molar-refractivity contribution in [3.63, 3.8) is 0 Å². The van der Waals surface area contributed by atoms with Gasteiger partial charge in [0, 0.05) is 24.2 Å². The van der Waals surface area contributed by atoms with Crippen molar-refractivity contribution in [2.75, 3.05) is 13.1 Å². The number of hydrogen-bond acceptors (Lipinski definition) is 3. The number of aliphatic imine (C=N–C) groups is 1. The summed E-state index contributed by atoms with van der Waals surface area (Å²) in [7, 11) is 0. The maximum absolute atomic E-state index is 4.63. The smallest absolute Gasteiger partial charge is 0.191 e. The lowest BCUT2D eigenvalue weighted by Gasteiger charge is -2.12. The van der Waals surface area contributed by atoms with E-state index < -0.39 is 0 Å². The molecule has 118 valence electrons. The fourth-order valence-corrected chi connectivity index (χ4v) is 3.59. The van der Waals surface area contributed by atoms with Crippen LogP contribution in [0.15, 0.2) is 11.2 Å². The van der Waals surface area contributed by atoms with Crippen LogP contribution in [0.5, 0.6) is 0 Å². The van der Waals surface area contributed by atoms with E-state index in [0.29, 0.717) is 6.54 Å². The standard InChI is InChI=1S/C16H28N4S/c1-3-17-16(20-12-15-11-19-13(2)21-15)18-10-6-9-14-7-4-5-8-14/h11,14H,3-10,12H2,1-2H3,(H2,17,18,20). The minimum absolute atomic E-state index is 0.712. The number of aromatic nitrogens is 1. The van der Waals surface area contributed by atoms with Gasteiger partial charge in [0.2, 0.25) is 0 Å². The molecule has 0 bridgehead atoms. The van der Waals surface area contributed by atoms with Crippen molar-refractivity contribution in [2.45, 2.75) is 58.9 Å². The molecule has 1 aromatic rings. The van der Waals surface area contributed by atoms with Crippen LogP contribution in [0.1, 0.15) is 55.3 Å². The van der Waals surface area contributed by atoms with E-state index in [9.17, 15) is 0 Å². The third-order valence-corrected chi connectivity index (χ3v) is 4.86. The van der Waals surface area contributed by atoms with Gasteiger partial charge in [-0.15, -0.1) is 11.3 Å². The molecule has 2 rings (SSSR count). The van der Waals surface area contributed by atoms with Crippen LogP contribution in [0.25, 0.3) is 0 Å². The predicted molar refractivity (Wildman–Crippen MR) is 90.9 cm³/mol. The Hall–Kier alpha value is -1.10. The fraction of sp³-hybridized carbons (Fsp3) is 0.750. The van der Waals surface area contributed by atoms with Crippen LogP contribution in [-0.4, -0.2) is 24.0 Å². The van der Waals surface area contributed by atoms with Crippen molar-refractivity contribution in [1.29, 1.82) is 0 Å². The Kier molecular flexibility index (Phi) is 7.00. The maximum Gasteiger partial charge on any atom is 0.191 e. The third-order valence-electron chi connectivity index (χ3n) is 3.96. The molecule has 1 aliphatic carbocycles. The average Bonchev–Trinajstić information content (AvgIpc) is 3.12. The lowest BCUT2D eigenvalue weighted by atomic mass is 10.0. The highest BCUT2D eigenvalue weighted by Crippen LogP contribution is 2.28. The van der Waals surface area contributed by atoms with Crippen molar-refractivity contribution in [3.05, 3.63) is 16.1 Å². The molecule has 21 heavy (non-hydrogen) atoms. The highest BCUT2D eigenvalue weighted by molar-refractivity contribution is 7.11. The molecule has 2 N–H and O–H groups in total. The molecule has 0 aromatic carbocycles. The van der Waals surface area contributed by atoms with E-state index in [0.717, 1.165) is 30.0 Å². The molecule has 1 fully saturated rings. The van der Waals surface area contributed by atoms with Gasteiger partial charge in [0.15, 0.2) is 5.96 Å². The second-order valence-corrected chi connectivity index (χ2v) is 7.08. The summed E-state index contributed by atoms with van der Waals surface area (Å²) < 4.78 is 0. The summed E-state index contributed by atoms with van der Waals surface area (Å²) in [5, 5.41) is 7.86. The van der Waals surface area contributed by atoms with Gasteiger partial charge in [-0.1, -0.05) is 25.7 Å². The third kappa shape index (κ3) is 6.04. The lowest BCUT2D eigenvalue weighted by Crippen LogP contribution is -2.37. The van der Waals surface area contributed by atoms with Gasteiger partial charge in [0.05, 0.1) is 11.6 Å². The first-order valence-corrected chi connectivity index (χ1v) is 9.03. The molecule has 1 aliphatic rings. The van der Waals surface area contributed by atoms with Crippen LogP contribution in [0.3, 0.4) is 0 Å². The zero-order chi connectivity index (χ0) is 14.9. The fourth-order valence-electron chi connectivity index (χ4n) is 2.87. The molecule has 0 saturated heterocycles. The maximum atomic E-state index is 4.63. The summed E-state index contributed by atoms with van der Waals surface area (Å²) in [6.45, 7) is 6.76. The van der Waals surface area contributed by atoms with E-state index in [2.05, 4.69) is 27.5 Å². The first-order chi connectivity index (χ1) is 10.3. The molecule has 0 atom stereocenters. The molecule has 0 aliphatic heterocycles. The second-order valence-electron chi connectivity index (χ2n) is 5.76. The highest BCUT2D eigenvalue weighted by Gasteiger charge is 2.13. The van der Waals surface area contributed by atoms with Crippen molar-refractivity contribution in [2.24, 2.45) is 10.9 Å². The molecule has 1 aromatic heterocycles. The predicted octanol–water partition coefficient (Wildman–Crippen LogP) is 3.48. The molecule has 1 saturated carbocycles. The number of nitrogens with zero attached hydrogens (tertiary/aromatic N) is 2. The molecule has 0 radical (unpaired) electrons. The van der Waals surface area contributed by atoms with Crippen molar-refractivity contribution < 1.29 is 0 Å². The lowest BCUT2D eigenvalue weighted by molar-refractivity contribution is 0.481. The quantitative estimate of drug-likeness (QED) is 0.460. The van der Waals surface area contributed by atoms with Crippen LogP contribution >= 0.6 is 11.3 Å². The number of thiazole rings is 1. The largest absolute Gasteiger partial charge is 0.357 e. The van der Waals surface area contributed by atoms with Crippen LogP contribution in [0, 0.1) is 12.8 Å². The van der Waals surface area contributed by atoms with E-state index in [4.69, 9.17) is 0 Å². The summed E-state index contributed by atoms with van der Waals surface area (Å²) in [4.78, 5) is 10.1. The number of rotatable bonds is 7. The molecular weight excluding hydrogens is 280 g/mol. The normalized spacial score (nSPS) is 16.4. The average molecular weight is 308 g/mol. The zero-order valence-electron chi connectivity index (χ0n) is 13.3. The SMILES string of the molecule is CCNC(=NCc1cnc(C)s1)NCCCC1CCCC1. The molecular formula is C16H28N4S. The summed E-state index contributed by atoms with van der Waals surface area (Å²) in [5.41, 5.74) is 0.